The molecule has 0 bridgehead atoms. The Morgan fingerprint density at radius 1 is 1.28 bits per heavy atom. The number of amides is 1. The molecule has 0 saturated heterocycles. The molecule has 1 unspecified atom stereocenters. The van der Waals surface area contributed by atoms with Gasteiger partial charge in [-0.25, -0.2) is 4.79 Å². The summed E-state index contributed by atoms with van der Waals surface area (Å²) in [4.78, 5) is 21.6. The lowest BCUT2D eigenvalue weighted by Crippen LogP contribution is -2.32. The van der Waals surface area contributed by atoms with Crippen molar-refractivity contribution in [1.82, 2.24) is 5.32 Å². The van der Waals surface area contributed by atoms with Crippen molar-refractivity contribution in [3.05, 3.63) is 35.9 Å². The van der Waals surface area contributed by atoms with Crippen molar-refractivity contribution >= 4 is 11.9 Å². The van der Waals surface area contributed by atoms with Crippen LogP contribution in [0, 0.1) is 0 Å². The minimum atomic E-state index is -1.23. The molecule has 3 N–H and O–H groups in total. The number of carbonyl (C=O) groups is 2. The summed E-state index contributed by atoms with van der Waals surface area (Å²) in [5.41, 5.74) is 0.501. The van der Waals surface area contributed by atoms with Gasteiger partial charge in [-0.05, 0) is 5.56 Å². The number of carboxylic acid groups (broad SMARTS) is 1. The maximum Gasteiger partial charge on any atom is 0.329 e. The number of carbonyl (C=O) groups excluding carboxylic acids is 1. The topological polar surface area (TPSA) is 95.9 Å². The van der Waals surface area contributed by atoms with Crippen LogP contribution in [0.15, 0.2) is 30.3 Å². The number of aliphatic hydroxyl groups excluding tert-OH is 1. The van der Waals surface area contributed by atoms with Gasteiger partial charge in [-0.1, -0.05) is 30.3 Å². The Labute approximate surface area is 104 Å². The van der Waals surface area contributed by atoms with Crippen molar-refractivity contribution in [2.45, 2.75) is 6.10 Å². The third-order valence-corrected chi connectivity index (χ3v) is 2.13. The summed E-state index contributed by atoms with van der Waals surface area (Å²) < 4.78 is 4.74. The van der Waals surface area contributed by atoms with Crippen molar-refractivity contribution < 1.29 is 24.5 Å². The molecule has 6 heteroatoms. The number of rotatable bonds is 7. The molecule has 6 nitrogen and oxygen atoms in total. The number of ether oxygens (including phenoxy) is 1. The number of aliphatic hydroxyl groups is 1. The standard InChI is InChI=1S/C12H15NO5/c14-10(15)8-18-7-6-13-12(17)11(16)9-4-2-1-3-5-9/h1-5,11,16H,6-8H2,(H,13,17)(H,14,15). The molecule has 1 aromatic rings. The molecule has 0 heterocycles. The molecule has 98 valence electrons. The Morgan fingerprint density at radius 2 is 1.94 bits per heavy atom. The van der Waals surface area contributed by atoms with Crippen molar-refractivity contribution in [3.8, 4) is 0 Å². The summed E-state index contributed by atoms with van der Waals surface area (Å²) in [5.74, 6) is -1.61. The number of hydrogen-bond acceptors (Lipinski definition) is 4. The Balaban J connectivity index is 2.26. The molecule has 0 saturated carbocycles. The van der Waals surface area contributed by atoms with Crippen LogP contribution in [0.2, 0.25) is 0 Å². The molecular formula is C12H15NO5. The lowest BCUT2D eigenvalue weighted by atomic mass is 10.1. The van der Waals surface area contributed by atoms with Crippen molar-refractivity contribution in [1.29, 1.82) is 0 Å². The van der Waals surface area contributed by atoms with Gasteiger partial charge in [-0.15, -0.1) is 0 Å². The first-order chi connectivity index (χ1) is 8.61. The molecule has 0 radical (unpaired) electrons. The predicted molar refractivity (Wildman–Crippen MR) is 62.9 cm³/mol. The van der Waals surface area contributed by atoms with Crippen molar-refractivity contribution in [3.63, 3.8) is 0 Å². The van der Waals surface area contributed by atoms with E-state index in [0.717, 1.165) is 0 Å². The second-order valence-corrected chi connectivity index (χ2v) is 3.55. The van der Waals surface area contributed by atoms with E-state index in [0.29, 0.717) is 5.56 Å². The fraction of sp³-hybridized carbons (Fsp3) is 0.333. The lowest BCUT2D eigenvalue weighted by molar-refractivity contribution is -0.142. The van der Waals surface area contributed by atoms with Crippen LogP contribution in [-0.2, 0) is 14.3 Å². The first-order valence-corrected chi connectivity index (χ1v) is 5.41. The molecule has 1 amide bonds. The van der Waals surface area contributed by atoms with Crippen molar-refractivity contribution in [2.24, 2.45) is 0 Å². The molecule has 0 aliphatic rings. The van der Waals surface area contributed by atoms with E-state index in [1.807, 2.05) is 0 Å². The number of hydrogen-bond donors (Lipinski definition) is 3. The van der Waals surface area contributed by atoms with E-state index in [1.165, 1.54) is 0 Å². The average Bonchev–Trinajstić information content (AvgIpc) is 2.38. The minimum Gasteiger partial charge on any atom is -0.480 e. The van der Waals surface area contributed by atoms with Crippen molar-refractivity contribution in [2.75, 3.05) is 19.8 Å². The summed E-state index contributed by atoms with van der Waals surface area (Å²) >= 11 is 0. The highest BCUT2D eigenvalue weighted by molar-refractivity contribution is 5.81. The summed E-state index contributed by atoms with van der Waals surface area (Å²) in [5, 5.41) is 20.4. The van der Waals surface area contributed by atoms with Gasteiger partial charge >= 0.3 is 5.97 Å². The van der Waals surface area contributed by atoms with Crippen LogP contribution in [0.25, 0.3) is 0 Å². The Bertz CT molecular complexity index is 393. The fourth-order valence-corrected chi connectivity index (χ4v) is 1.29. The minimum absolute atomic E-state index is 0.0829. The van der Waals surface area contributed by atoms with Crippen LogP contribution in [-0.4, -0.2) is 41.8 Å². The zero-order valence-electron chi connectivity index (χ0n) is 9.70. The SMILES string of the molecule is O=C(O)COCCNC(=O)C(O)c1ccccc1. The van der Waals surface area contributed by atoms with Gasteiger partial charge in [0.15, 0.2) is 6.10 Å². The van der Waals surface area contributed by atoms with E-state index in [9.17, 15) is 14.7 Å². The Morgan fingerprint density at radius 3 is 2.56 bits per heavy atom. The second kappa shape index (κ2) is 7.41. The first kappa shape index (κ1) is 14.1. The van der Waals surface area contributed by atoms with E-state index in [4.69, 9.17) is 9.84 Å². The highest BCUT2D eigenvalue weighted by Gasteiger charge is 2.15. The summed E-state index contributed by atoms with van der Waals surface area (Å²) in [6.45, 7) is -0.174. The number of benzene rings is 1. The van der Waals surface area contributed by atoms with Gasteiger partial charge in [-0.3, -0.25) is 4.79 Å². The Kier molecular flexibility index (Phi) is 5.83. The molecule has 0 aromatic heterocycles. The largest absolute Gasteiger partial charge is 0.480 e. The second-order valence-electron chi connectivity index (χ2n) is 3.55. The number of nitrogens with one attached hydrogen (secondary N) is 1. The van der Waals surface area contributed by atoms with Gasteiger partial charge in [0.1, 0.15) is 6.61 Å². The van der Waals surface area contributed by atoms with Crippen LogP contribution >= 0.6 is 0 Å². The zero-order valence-corrected chi connectivity index (χ0v) is 9.70. The van der Waals surface area contributed by atoms with E-state index in [-0.39, 0.29) is 13.2 Å². The highest BCUT2D eigenvalue weighted by atomic mass is 16.5. The molecule has 0 aliphatic carbocycles. The fourth-order valence-electron chi connectivity index (χ4n) is 1.29. The van der Waals surface area contributed by atoms with E-state index >= 15 is 0 Å². The highest BCUT2D eigenvalue weighted by Crippen LogP contribution is 2.11. The lowest BCUT2D eigenvalue weighted by Gasteiger charge is -2.11. The van der Waals surface area contributed by atoms with Gasteiger partial charge in [0.05, 0.1) is 6.61 Å². The van der Waals surface area contributed by atoms with Crippen LogP contribution in [0.1, 0.15) is 11.7 Å². The van der Waals surface area contributed by atoms with Gasteiger partial charge in [-0.2, -0.15) is 0 Å². The van der Waals surface area contributed by atoms with Crippen LogP contribution in [0.4, 0.5) is 0 Å². The normalized spacial score (nSPS) is 11.8. The zero-order chi connectivity index (χ0) is 13.4. The predicted octanol–water partition coefficient (Wildman–Crippen LogP) is -0.0626. The molecule has 1 aromatic carbocycles. The quantitative estimate of drug-likeness (QED) is 0.591. The Hall–Kier alpha value is -1.92. The van der Waals surface area contributed by atoms with E-state index < -0.39 is 24.6 Å². The monoisotopic (exact) mass is 253 g/mol. The van der Waals surface area contributed by atoms with Crippen LogP contribution in [0.5, 0.6) is 0 Å². The van der Waals surface area contributed by atoms with Gasteiger partial charge in [0.2, 0.25) is 0 Å². The van der Waals surface area contributed by atoms with Crippen LogP contribution in [0.3, 0.4) is 0 Å². The van der Waals surface area contributed by atoms with Crippen LogP contribution < -0.4 is 5.32 Å². The van der Waals surface area contributed by atoms with E-state index in [2.05, 4.69) is 5.32 Å². The smallest absolute Gasteiger partial charge is 0.329 e. The molecule has 0 spiro atoms. The van der Waals surface area contributed by atoms with E-state index in [1.54, 1.807) is 30.3 Å². The molecule has 1 atom stereocenters. The van der Waals surface area contributed by atoms with Gasteiger partial charge in [0.25, 0.3) is 5.91 Å². The molecule has 1 rings (SSSR count). The van der Waals surface area contributed by atoms with Gasteiger partial charge in [0, 0.05) is 6.54 Å². The van der Waals surface area contributed by atoms with Gasteiger partial charge < -0.3 is 20.3 Å². The maximum atomic E-state index is 11.5. The molecule has 0 fully saturated rings. The maximum absolute atomic E-state index is 11.5. The summed E-state index contributed by atoms with van der Waals surface area (Å²) in [6.07, 6.45) is -1.23. The summed E-state index contributed by atoms with van der Waals surface area (Å²) in [6, 6.07) is 8.52. The molecule has 18 heavy (non-hydrogen) atoms. The molecule has 0 aliphatic heterocycles. The first-order valence-electron chi connectivity index (χ1n) is 5.41. The third kappa shape index (κ3) is 4.94. The average molecular weight is 253 g/mol. The number of carboxylic acids is 1. The summed E-state index contributed by atoms with van der Waals surface area (Å²) in [7, 11) is 0. The third-order valence-electron chi connectivity index (χ3n) is 2.13. The molecular weight excluding hydrogens is 238 g/mol. The number of aliphatic carboxylic acids is 1.